The zero-order chi connectivity index (χ0) is 14.4. The molecule has 0 saturated carbocycles. The van der Waals surface area contributed by atoms with E-state index >= 15 is 0 Å². The van der Waals surface area contributed by atoms with Crippen molar-refractivity contribution in [1.82, 2.24) is 0 Å². The minimum absolute atomic E-state index is 0.290. The van der Waals surface area contributed by atoms with Crippen molar-refractivity contribution in [2.24, 2.45) is 0 Å². The van der Waals surface area contributed by atoms with E-state index in [4.69, 9.17) is 14.8 Å². The van der Waals surface area contributed by atoms with Gasteiger partial charge in [-0.15, -0.1) is 0 Å². The van der Waals surface area contributed by atoms with E-state index < -0.39 is 5.97 Å². The highest BCUT2D eigenvalue weighted by atomic mass is 16.7. The van der Waals surface area contributed by atoms with Gasteiger partial charge in [0.1, 0.15) is 5.75 Å². The number of ether oxygens (including phenoxy) is 1. The van der Waals surface area contributed by atoms with Gasteiger partial charge in [-0.1, -0.05) is 0 Å². The Labute approximate surface area is 116 Å². The fourth-order valence-corrected chi connectivity index (χ4v) is 1.59. The summed E-state index contributed by atoms with van der Waals surface area (Å²) >= 11 is 0. The van der Waals surface area contributed by atoms with Crippen molar-refractivity contribution in [3.05, 3.63) is 59.9 Å². The molecule has 20 heavy (non-hydrogen) atoms. The van der Waals surface area contributed by atoms with Gasteiger partial charge in [0, 0.05) is 16.9 Å². The summed E-state index contributed by atoms with van der Waals surface area (Å²) in [6, 6.07) is 13.4. The van der Waals surface area contributed by atoms with Gasteiger partial charge in [-0.05, 0) is 37.3 Å². The van der Waals surface area contributed by atoms with Crippen LogP contribution in [-0.2, 0) is 0 Å². The molecule has 0 radical (unpaired) electrons. The molecule has 0 aliphatic heterocycles. The maximum Gasteiger partial charge on any atom is 0.414 e. The van der Waals surface area contributed by atoms with Crippen molar-refractivity contribution in [1.29, 1.82) is 5.26 Å². The molecular weight excluding hydrogens is 256 g/mol. The minimum Gasteiger partial charge on any atom is -0.418 e. The molecule has 0 spiro atoms. The van der Waals surface area contributed by atoms with Crippen LogP contribution in [0.3, 0.4) is 0 Å². The van der Waals surface area contributed by atoms with Crippen molar-refractivity contribution in [2.45, 2.75) is 6.92 Å². The average molecular weight is 269 g/mol. The second-order valence-electron chi connectivity index (χ2n) is 3.86. The SMILES string of the molecule is CCO[n+]1ccccc1C(=O)Oc1ccc(C#N)cc1. The van der Waals surface area contributed by atoms with Gasteiger partial charge >= 0.3 is 11.7 Å². The van der Waals surface area contributed by atoms with Crippen LogP contribution in [0.1, 0.15) is 23.0 Å². The molecule has 2 rings (SSSR count). The van der Waals surface area contributed by atoms with E-state index in [-0.39, 0.29) is 0 Å². The van der Waals surface area contributed by atoms with Crippen molar-refractivity contribution in [2.75, 3.05) is 6.61 Å². The van der Waals surface area contributed by atoms with E-state index in [0.29, 0.717) is 23.6 Å². The number of carbonyl (C=O) groups excluding carboxylic acids is 1. The summed E-state index contributed by atoms with van der Waals surface area (Å²) in [6.07, 6.45) is 1.64. The monoisotopic (exact) mass is 269 g/mol. The van der Waals surface area contributed by atoms with E-state index in [1.54, 1.807) is 48.7 Å². The Morgan fingerprint density at radius 2 is 2.00 bits per heavy atom. The summed E-state index contributed by atoms with van der Waals surface area (Å²) in [5.41, 5.74) is 0.799. The van der Waals surface area contributed by atoms with Gasteiger partial charge in [-0.25, -0.2) is 4.79 Å². The minimum atomic E-state index is -0.524. The van der Waals surface area contributed by atoms with Gasteiger partial charge in [-0.2, -0.15) is 5.26 Å². The zero-order valence-electron chi connectivity index (χ0n) is 10.9. The molecule has 0 bridgehead atoms. The third-order valence-electron chi connectivity index (χ3n) is 2.50. The first-order valence-corrected chi connectivity index (χ1v) is 6.11. The van der Waals surface area contributed by atoms with E-state index in [9.17, 15) is 4.79 Å². The Morgan fingerprint density at radius 1 is 1.25 bits per heavy atom. The van der Waals surface area contributed by atoms with Gasteiger partial charge < -0.3 is 4.74 Å². The number of esters is 1. The Hall–Kier alpha value is -2.87. The number of rotatable bonds is 4. The zero-order valence-corrected chi connectivity index (χ0v) is 10.9. The first kappa shape index (κ1) is 13.6. The topological polar surface area (TPSA) is 63.2 Å². The second-order valence-corrected chi connectivity index (χ2v) is 3.86. The predicted octanol–water partition coefficient (Wildman–Crippen LogP) is 1.51. The second kappa shape index (κ2) is 6.34. The highest BCUT2D eigenvalue weighted by molar-refractivity contribution is 5.87. The van der Waals surface area contributed by atoms with Crippen LogP contribution in [0.25, 0.3) is 0 Å². The number of nitriles is 1. The Bertz CT molecular complexity index is 645. The van der Waals surface area contributed by atoms with Crippen molar-refractivity contribution < 1.29 is 19.1 Å². The molecule has 0 amide bonds. The lowest BCUT2D eigenvalue weighted by Crippen LogP contribution is -2.48. The molecule has 0 aliphatic carbocycles. The van der Waals surface area contributed by atoms with Crippen molar-refractivity contribution >= 4 is 5.97 Å². The number of hydrogen-bond acceptors (Lipinski definition) is 4. The van der Waals surface area contributed by atoms with Gasteiger partial charge in [0.2, 0.25) is 6.20 Å². The largest absolute Gasteiger partial charge is 0.418 e. The molecule has 1 heterocycles. The molecule has 0 atom stereocenters. The molecule has 2 aromatic rings. The summed E-state index contributed by atoms with van der Waals surface area (Å²) in [5.74, 6) is -0.148. The quantitative estimate of drug-likeness (QED) is 0.479. The van der Waals surface area contributed by atoms with E-state index in [1.807, 2.05) is 13.0 Å². The van der Waals surface area contributed by atoms with Crippen LogP contribution in [0.2, 0.25) is 0 Å². The Kier molecular flexibility index (Phi) is 4.30. The lowest BCUT2D eigenvalue weighted by atomic mass is 10.2. The lowest BCUT2D eigenvalue weighted by molar-refractivity contribution is -0.892. The molecule has 1 aromatic carbocycles. The predicted molar refractivity (Wildman–Crippen MR) is 69.9 cm³/mol. The van der Waals surface area contributed by atoms with Gasteiger partial charge in [0.05, 0.1) is 11.6 Å². The van der Waals surface area contributed by atoms with Crippen molar-refractivity contribution in [3.63, 3.8) is 0 Å². The maximum absolute atomic E-state index is 12.1. The van der Waals surface area contributed by atoms with Crippen LogP contribution in [0.5, 0.6) is 5.75 Å². The first-order chi connectivity index (χ1) is 9.74. The fourth-order valence-electron chi connectivity index (χ4n) is 1.59. The molecule has 0 N–H and O–H groups in total. The maximum atomic E-state index is 12.1. The highest BCUT2D eigenvalue weighted by Crippen LogP contribution is 2.12. The molecule has 5 heteroatoms. The van der Waals surface area contributed by atoms with Crippen LogP contribution >= 0.6 is 0 Å². The van der Waals surface area contributed by atoms with E-state index in [2.05, 4.69) is 0 Å². The van der Waals surface area contributed by atoms with Gasteiger partial charge in [0.15, 0.2) is 6.61 Å². The third kappa shape index (κ3) is 3.12. The van der Waals surface area contributed by atoms with E-state index in [0.717, 1.165) is 0 Å². The van der Waals surface area contributed by atoms with Crippen LogP contribution in [0, 0.1) is 11.3 Å². The summed E-state index contributed by atoms with van der Waals surface area (Å²) in [7, 11) is 0. The summed E-state index contributed by atoms with van der Waals surface area (Å²) in [5, 5.41) is 8.71. The number of aromatic nitrogens is 1. The molecule has 0 unspecified atom stereocenters. The van der Waals surface area contributed by atoms with Crippen molar-refractivity contribution in [3.8, 4) is 11.8 Å². The normalized spacial score (nSPS) is 9.60. The fraction of sp³-hybridized carbons (Fsp3) is 0.133. The standard InChI is InChI=1S/C15H13N2O3/c1-2-19-17-10-4-3-5-14(17)15(18)20-13-8-6-12(11-16)7-9-13/h3-10H,2H2,1H3/q+1. The Morgan fingerprint density at radius 3 is 2.65 bits per heavy atom. The Balaban J connectivity index is 2.17. The average Bonchev–Trinajstić information content (AvgIpc) is 2.49. The number of nitrogens with zero attached hydrogens (tertiary/aromatic N) is 2. The van der Waals surface area contributed by atoms with Gasteiger partial charge in [-0.3, -0.25) is 4.84 Å². The highest BCUT2D eigenvalue weighted by Gasteiger charge is 2.22. The molecule has 0 fully saturated rings. The summed E-state index contributed by atoms with van der Waals surface area (Å²) < 4.78 is 6.60. The molecular formula is C15H13N2O3+. The molecule has 100 valence electrons. The first-order valence-electron chi connectivity index (χ1n) is 6.11. The lowest BCUT2D eigenvalue weighted by Gasteiger charge is -2.03. The summed E-state index contributed by atoms with van der Waals surface area (Å²) in [4.78, 5) is 17.4. The van der Waals surface area contributed by atoms with Crippen LogP contribution in [0.4, 0.5) is 0 Å². The van der Waals surface area contributed by atoms with Crippen LogP contribution < -0.4 is 14.3 Å². The van der Waals surface area contributed by atoms with Crippen LogP contribution in [-0.4, -0.2) is 12.6 Å². The molecule has 1 aromatic heterocycles. The third-order valence-corrected chi connectivity index (χ3v) is 2.50. The van der Waals surface area contributed by atoms with Crippen LogP contribution in [0.15, 0.2) is 48.7 Å². The number of benzene rings is 1. The smallest absolute Gasteiger partial charge is 0.414 e. The number of hydrogen-bond donors (Lipinski definition) is 0. The molecule has 0 aliphatic rings. The number of pyridine rings is 1. The van der Waals surface area contributed by atoms with E-state index in [1.165, 1.54) is 4.73 Å². The van der Waals surface area contributed by atoms with Gasteiger partial charge in [0.25, 0.3) is 0 Å². The summed E-state index contributed by atoms with van der Waals surface area (Å²) in [6.45, 7) is 2.27. The molecule has 5 nitrogen and oxygen atoms in total. The number of carbonyl (C=O) groups is 1. The molecule has 0 saturated heterocycles.